The first-order valence-electron chi connectivity index (χ1n) is 9.22. The van der Waals surface area contributed by atoms with Crippen molar-refractivity contribution in [1.82, 2.24) is 0 Å². The van der Waals surface area contributed by atoms with Gasteiger partial charge in [0.25, 0.3) is 15.9 Å². The van der Waals surface area contributed by atoms with Crippen LogP contribution in [0.4, 0.5) is 11.4 Å². The average molecular weight is 445 g/mol. The quantitative estimate of drug-likeness (QED) is 0.531. The summed E-state index contributed by atoms with van der Waals surface area (Å²) < 4.78 is 33.1. The van der Waals surface area contributed by atoms with Crippen LogP contribution in [0.1, 0.15) is 22.8 Å². The standard InChI is InChI=1S/C22H21ClN2O4S/c1-3-29-18-11-9-17(10-12-18)25-30(27,28)19-13-7-16(8-14-19)22(26)24-21-6-4-5-20(23)15(21)2/h4-14,25H,3H2,1-2H3,(H,24,26). The molecule has 3 rings (SSSR count). The summed E-state index contributed by atoms with van der Waals surface area (Å²) in [6.07, 6.45) is 0. The molecule has 0 spiro atoms. The second kappa shape index (κ2) is 9.19. The molecule has 0 saturated heterocycles. The van der Waals surface area contributed by atoms with Crippen LogP contribution in [-0.2, 0) is 10.0 Å². The molecule has 156 valence electrons. The summed E-state index contributed by atoms with van der Waals surface area (Å²) in [4.78, 5) is 12.5. The first-order chi connectivity index (χ1) is 14.3. The van der Waals surface area contributed by atoms with Gasteiger partial charge in [-0.15, -0.1) is 0 Å². The fourth-order valence-corrected chi connectivity index (χ4v) is 3.96. The SMILES string of the molecule is CCOc1ccc(NS(=O)(=O)c2ccc(C(=O)Nc3cccc(Cl)c3C)cc2)cc1. The van der Waals surface area contributed by atoms with E-state index in [9.17, 15) is 13.2 Å². The number of anilines is 2. The minimum atomic E-state index is -3.79. The molecule has 8 heteroatoms. The van der Waals surface area contributed by atoms with E-state index < -0.39 is 10.0 Å². The number of halogens is 1. The summed E-state index contributed by atoms with van der Waals surface area (Å²) in [5.41, 5.74) is 2.10. The number of sulfonamides is 1. The molecular weight excluding hydrogens is 424 g/mol. The third-order valence-electron chi connectivity index (χ3n) is 4.36. The third-order valence-corrected chi connectivity index (χ3v) is 6.17. The van der Waals surface area contributed by atoms with Crippen molar-refractivity contribution in [2.24, 2.45) is 0 Å². The second-order valence-corrected chi connectivity index (χ2v) is 8.54. The van der Waals surface area contributed by atoms with Gasteiger partial charge >= 0.3 is 0 Å². The lowest BCUT2D eigenvalue weighted by molar-refractivity contribution is 0.102. The molecule has 0 radical (unpaired) electrons. The monoisotopic (exact) mass is 444 g/mol. The maximum Gasteiger partial charge on any atom is 0.261 e. The Morgan fingerprint density at radius 2 is 1.67 bits per heavy atom. The Bertz CT molecular complexity index is 1140. The van der Waals surface area contributed by atoms with Crippen LogP contribution in [0.25, 0.3) is 0 Å². The van der Waals surface area contributed by atoms with Crippen LogP contribution in [0.15, 0.2) is 71.6 Å². The Hall–Kier alpha value is -3.03. The molecule has 0 atom stereocenters. The molecule has 3 aromatic carbocycles. The lowest BCUT2D eigenvalue weighted by Crippen LogP contribution is -2.15. The number of amides is 1. The predicted molar refractivity (Wildman–Crippen MR) is 119 cm³/mol. The molecule has 0 aliphatic rings. The lowest BCUT2D eigenvalue weighted by atomic mass is 10.1. The summed E-state index contributed by atoms with van der Waals surface area (Å²) >= 11 is 6.07. The Morgan fingerprint density at radius 3 is 2.30 bits per heavy atom. The predicted octanol–water partition coefficient (Wildman–Crippen LogP) is 5.10. The van der Waals surface area contributed by atoms with Crippen molar-refractivity contribution < 1.29 is 17.9 Å². The van der Waals surface area contributed by atoms with E-state index in [-0.39, 0.29) is 10.8 Å². The summed E-state index contributed by atoms with van der Waals surface area (Å²) in [7, 11) is -3.79. The highest BCUT2D eigenvalue weighted by atomic mass is 35.5. The molecule has 0 fully saturated rings. The molecule has 0 aliphatic heterocycles. The number of carbonyl (C=O) groups is 1. The molecule has 0 aromatic heterocycles. The van der Waals surface area contributed by atoms with Crippen LogP contribution in [0.3, 0.4) is 0 Å². The van der Waals surface area contributed by atoms with Gasteiger partial charge in [-0.05, 0) is 80.1 Å². The maximum atomic E-state index is 12.6. The molecule has 0 bridgehead atoms. The summed E-state index contributed by atoms with van der Waals surface area (Å²) in [5, 5.41) is 3.33. The van der Waals surface area contributed by atoms with Crippen molar-refractivity contribution in [2.75, 3.05) is 16.6 Å². The van der Waals surface area contributed by atoms with Crippen molar-refractivity contribution in [2.45, 2.75) is 18.7 Å². The van der Waals surface area contributed by atoms with Crippen molar-refractivity contribution in [3.05, 3.63) is 82.9 Å². The Labute approximate surface area is 180 Å². The zero-order valence-corrected chi connectivity index (χ0v) is 18.0. The van der Waals surface area contributed by atoms with E-state index in [0.29, 0.717) is 34.3 Å². The number of benzene rings is 3. The molecule has 0 heterocycles. The van der Waals surface area contributed by atoms with E-state index in [2.05, 4.69) is 10.0 Å². The number of carbonyl (C=O) groups excluding carboxylic acids is 1. The average Bonchev–Trinajstić information content (AvgIpc) is 2.73. The fourth-order valence-electron chi connectivity index (χ4n) is 2.72. The molecule has 1 amide bonds. The second-order valence-electron chi connectivity index (χ2n) is 6.45. The van der Waals surface area contributed by atoms with Crippen LogP contribution in [0.2, 0.25) is 5.02 Å². The zero-order chi connectivity index (χ0) is 21.7. The van der Waals surface area contributed by atoms with Gasteiger partial charge < -0.3 is 10.1 Å². The fraction of sp³-hybridized carbons (Fsp3) is 0.136. The van der Waals surface area contributed by atoms with E-state index in [4.69, 9.17) is 16.3 Å². The summed E-state index contributed by atoms with van der Waals surface area (Å²) in [6, 6.07) is 17.5. The molecule has 2 N–H and O–H groups in total. The maximum absolute atomic E-state index is 12.6. The van der Waals surface area contributed by atoms with Gasteiger partial charge in [0.05, 0.1) is 11.5 Å². The highest BCUT2D eigenvalue weighted by Crippen LogP contribution is 2.24. The third kappa shape index (κ3) is 5.11. The van der Waals surface area contributed by atoms with E-state index in [0.717, 1.165) is 5.56 Å². The van der Waals surface area contributed by atoms with Crippen LogP contribution in [0.5, 0.6) is 5.75 Å². The number of hydrogen-bond acceptors (Lipinski definition) is 4. The highest BCUT2D eigenvalue weighted by molar-refractivity contribution is 7.92. The van der Waals surface area contributed by atoms with Crippen LogP contribution < -0.4 is 14.8 Å². The summed E-state index contributed by atoms with van der Waals surface area (Å²) in [6.45, 7) is 4.21. The van der Waals surface area contributed by atoms with Gasteiger partial charge in [0, 0.05) is 22.0 Å². The van der Waals surface area contributed by atoms with E-state index in [1.807, 2.05) is 6.92 Å². The van der Waals surface area contributed by atoms with E-state index in [1.165, 1.54) is 24.3 Å². The minimum Gasteiger partial charge on any atom is -0.494 e. The van der Waals surface area contributed by atoms with Gasteiger partial charge in [-0.25, -0.2) is 8.42 Å². The molecule has 0 aliphatic carbocycles. The van der Waals surface area contributed by atoms with Crippen molar-refractivity contribution >= 4 is 38.9 Å². The van der Waals surface area contributed by atoms with Crippen molar-refractivity contribution in [3.63, 3.8) is 0 Å². The van der Waals surface area contributed by atoms with Crippen LogP contribution in [-0.4, -0.2) is 20.9 Å². The van der Waals surface area contributed by atoms with Gasteiger partial charge in [-0.1, -0.05) is 17.7 Å². The van der Waals surface area contributed by atoms with Gasteiger partial charge in [0.1, 0.15) is 5.75 Å². The number of hydrogen-bond donors (Lipinski definition) is 2. The first kappa shape index (κ1) is 21.7. The largest absolute Gasteiger partial charge is 0.494 e. The lowest BCUT2D eigenvalue weighted by Gasteiger charge is -2.11. The van der Waals surface area contributed by atoms with E-state index >= 15 is 0 Å². The van der Waals surface area contributed by atoms with Crippen LogP contribution >= 0.6 is 11.6 Å². The Morgan fingerprint density at radius 1 is 1.00 bits per heavy atom. The van der Waals surface area contributed by atoms with Gasteiger partial charge in [0.15, 0.2) is 0 Å². The smallest absolute Gasteiger partial charge is 0.261 e. The molecule has 3 aromatic rings. The number of ether oxygens (including phenoxy) is 1. The normalized spacial score (nSPS) is 11.0. The first-order valence-corrected chi connectivity index (χ1v) is 11.1. The van der Waals surface area contributed by atoms with Crippen LogP contribution in [0, 0.1) is 6.92 Å². The number of nitrogens with one attached hydrogen (secondary N) is 2. The Balaban J connectivity index is 1.72. The highest BCUT2D eigenvalue weighted by Gasteiger charge is 2.16. The topological polar surface area (TPSA) is 84.5 Å². The molecular formula is C22H21ClN2O4S. The molecule has 6 nitrogen and oxygen atoms in total. The zero-order valence-electron chi connectivity index (χ0n) is 16.5. The van der Waals surface area contributed by atoms with Gasteiger partial charge in [-0.2, -0.15) is 0 Å². The van der Waals surface area contributed by atoms with Gasteiger partial charge in [-0.3, -0.25) is 9.52 Å². The molecule has 0 saturated carbocycles. The molecule has 0 unspecified atom stereocenters. The number of rotatable bonds is 7. The van der Waals surface area contributed by atoms with Crippen molar-refractivity contribution in [1.29, 1.82) is 0 Å². The minimum absolute atomic E-state index is 0.0480. The van der Waals surface area contributed by atoms with E-state index in [1.54, 1.807) is 49.4 Å². The van der Waals surface area contributed by atoms with Gasteiger partial charge in [0.2, 0.25) is 0 Å². The molecule has 30 heavy (non-hydrogen) atoms. The van der Waals surface area contributed by atoms with Crippen molar-refractivity contribution in [3.8, 4) is 5.75 Å². The Kier molecular flexibility index (Phi) is 6.64. The summed E-state index contributed by atoms with van der Waals surface area (Å²) in [5.74, 6) is 0.301.